The van der Waals surface area contributed by atoms with Crippen LogP contribution >= 0.6 is 15.6 Å². The van der Waals surface area contributed by atoms with Crippen LogP contribution in [0, 0.1) is 10.8 Å². The summed E-state index contributed by atoms with van der Waals surface area (Å²) in [4.78, 5) is 43.2. The lowest BCUT2D eigenvalue weighted by Crippen LogP contribution is -2.64. The Bertz CT molecular complexity index is 1630. The van der Waals surface area contributed by atoms with Crippen LogP contribution in [0.25, 0.3) is 0 Å². The zero-order valence-electron chi connectivity index (χ0n) is 49.3. The molecule has 0 aromatic heterocycles. The Morgan fingerprint density at radius 2 is 0.795 bits per heavy atom. The van der Waals surface area contributed by atoms with Crippen LogP contribution in [0.15, 0.2) is 0 Å². The second kappa shape index (κ2) is 35.7. The average molecular weight is 1170 g/mol. The first-order valence-electron chi connectivity index (χ1n) is 27.5. The summed E-state index contributed by atoms with van der Waals surface area (Å²) in [6, 6.07) is -1.88. The number of amides is 2. The van der Waals surface area contributed by atoms with Gasteiger partial charge in [-0.2, -0.15) is 0 Å². The molecule has 2 unspecified atom stereocenters. The molecule has 0 spiro atoms. The number of unbranched alkanes of at least 4 members (excludes halogenated alkanes) is 8. The molecule has 14 atom stereocenters. The Hall–Kier alpha value is -1.32. The molecule has 0 aromatic rings. The third-order valence-corrected chi connectivity index (χ3v) is 14.2. The van der Waals surface area contributed by atoms with Crippen molar-refractivity contribution in [3.63, 3.8) is 0 Å². The number of carbonyl (C=O) groups is 2. The van der Waals surface area contributed by atoms with Crippen molar-refractivity contribution in [2.45, 2.75) is 259 Å². The van der Waals surface area contributed by atoms with E-state index in [1.54, 1.807) is 41.5 Å². The molecule has 2 heterocycles. The zero-order chi connectivity index (χ0) is 59.7. The highest BCUT2D eigenvalue weighted by atomic mass is 31.2. The van der Waals surface area contributed by atoms with Crippen molar-refractivity contribution in [2.75, 3.05) is 52.9 Å². The number of phosphoric acid groups is 2. The first kappa shape index (κ1) is 74.7. The number of aliphatic hydroxyl groups excluding tert-OH is 6. The molecule has 24 nitrogen and oxygen atoms in total. The summed E-state index contributed by atoms with van der Waals surface area (Å²) in [5, 5.41) is 64.5. The summed E-state index contributed by atoms with van der Waals surface area (Å²) in [5.41, 5.74) is -1.88. The smallest absolute Gasteiger partial charge is 0.394 e. The molecular formula is C52H104N2O22P2. The van der Waals surface area contributed by atoms with Gasteiger partial charge in [0.05, 0.1) is 49.8 Å². The van der Waals surface area contributed by atoms with Gasteiger partial charge < -0.3 is 79.5 Å². The van der Waals surface area contributed by atoms with Crippen molar-refractivity contribution < 1.29 is 106 Å². The first-order chi connectivity index (χ1) is 35.9. The van der Waals surface area contributed by atoms with E-state index in [0.29, 0.717) is 39.3 Å². The molecule has 0 radical (unpaired) electrons. The fourth-order valence-electron chi connectivity index (χ4n) is 8.46. The average Bonchev–Trinajstić information content (AvgIpc) is 3.26. The lowest BCUT2D eigenvalue weighted by atomic mass is 9.89. The SMILES string of the molecule is CC(=O)N[C@H]1[C@H](OCCCCCCCOC[C@@H](CC(C)(C)C)OP(=O)(O)OC(C)(C)C)O[C@H](CO)[C@H](O)[C@@H]1O.CC(=O)N[C@H]1[C@H](OCCCCCCCOC[C@H](CC(C)(C)C)OP(=O)(O)OC(C)(C)C)O[C@H](CO)[C@H](O)[C@@H]1O. The van der Waals surface area contributed by atoms with Gasteiger partial charge in [-0.05, 0) is 90.9 Å². The third-order valence-electron chi connectivity index (χ3n) is 11.6. The summed E-state index contributed by atoms with van der Waals surface area (Å²) in [6.45, 7) is 25.9. The number of hydrogen-bond donors (Lipinski definition) is 10. The van der Waals surface area contributed by atoms with Gasteiger partial charge in [-0.15, -0.1) is 0 Å². The number of carbonyl (C=O) groups excluding carboxylic acids is 2. The Morgan fingerprint density at radius 3 is 1.06 bits per heavy atom. The van der Waals surface area contributed by atoms with Crippen molar-refractivity contribution in [1.82, 2.24) is 10.6 Å². The van der Waals surface area contributed by atoms with Gasteiger partial charge in [0.15, 0.2) is 12.6 Å². The molecule has 0 aromatic carbocycles. The maximum absolute atomic E-state index is 12.4. The van der Waals surface area contributed by atoms with E-state index in [-0.39, 0.29) is 24.0 Å². The normalized spacial score (nSPS) is 26.7. The fraction of sp³-hybridized carbons (Fsp3) is 0.962. The third kappa shape index (κ3) is 34.3. The van der Waals surface area contributed by atoms with Gasteiger partial charge in [0.1, 0.15) is 48.7 Å². The van der Waals surface area contributed by atoms with Gasteiger partial charge in [-0.1, -0.05) is 80.1 Å². The summed E-state index contributed by atoms with van der Waals surface area (Å²) in [6.07, 6.45) is -0.853. The van der Waals surface area contributed by atoms with E-state index < -0.39 is 125 Å². The summed E-state index contributed by atoms with van der Waals surface area (Å²) < 4.78 is 80.1. The van der Waals surface area contributed by atoms with E-state index in [1.165, 1.54) is 13.8 Å². The zero-order valence-corrected chi connectivity index (χ0v) is 51.0. The summed E-state index contributed by atoms with van der Waals surface area (Å²) in [5.74, 6) is -0.791. The van der Waals surface area contributed by atoms with Crippen LogP contribution in [0.3, 0.4) is 0 Å². The highest BCUT2D eigenvalue weighted by molar-refractivity contribution is 7.47. The minimum atomic E-state index is -4.23. The van der Waals surface area contributed by atoms with E-state index in [4.69, 9.17) is 46.5 Å². The number of nitrogens with one attached hydrogen (secondary N) is 2. The highest BCUT2D eigenvalue weighted by Gasteiger charge is 2.47. The summed E-state index contributed by atoms with van der Waals surface area (Å²) in [7, 11) is -8.45. The van der Waals surface area contributed by atoms with Crippen LogP contribution in [0.4, 0.5) is 0 Å². The Balaban J connectivity index is 0.000000780. The Kier molecular flexibility index (Phi) is 34.2. The monoisotopic (exact) mass is 1170 g/mol. The van der Waals surface area contributed by atoms with Crippen LogP contribution in [0.5, 0.6) is 0 Å². The first-order valence-corrected chi connectivity index (χ1v) is 30.5. The largest absolute Gasteiger partial charge is 0.473 e. The second-order valence-electron chi connectivity index (χ2n) is 24.6. The molecule has 464 valence electrons. The van der Waals surface area contributed by atoms with Crippen LogP contribution in [0.2, 0.25) is 0 Å². The standard InChI is InChI=1S/2C26H52NO11P/c2*1-18(29)27-21-23(31)22(30)20(16-28)36-24(21)35-14-12-10-8-9-11-13-34-17-19(15-25(2,3)4)37-39(32,33)38-26(5,6)7/h2*19-24,28,30-31H,8-17H2,1-7H3,(H,27,29)(H,32,33)/t19-,20+,21+,22-,23+,24+;19-,20-,21-,22+,23-,24-/m01/s1. The van der Waals surface area contributed by atoms with Crippen LogP contribution in [-0.2, 0) is 65.2 Å². The van der Waals surface area contributed by atoms with Crippen molar-refractivity contribution in [3.05, 3.63) is 0 Å². The quantitative estimate of drug-likeness (QED) is 0.0288. The topological polar surface area (TPSA) is 346 Å². The molecule has 2 aliphatic rings. The Morgan fingerprint density at radius 1 is 0.500 bits per heavy atom. The van der Waals surface area contributed by atoms with E-state index in [0.717, 1.165) is 64.2 Å². The molecule has 0 bridgehead atoms. The van der Waals surface area contributed by atoms with Gasteiger partial charge in [0, 0.05) is 40.3 Å². The van der Waals surface area contributed by atoms with E-state index in [9.17, 15) is 59.1 Å². The van der Waals surface area contributed by atoms with Crippen molar-refractivity contribution in [1.29, 1.82) is 0 Å². The second-order valence-corrected chi connectivity index (χ2v) is 27.3. The molecule has 2 saturated heterocycles. The maximum Gasteiger partial charge on any atom is 0.473 e. The number of hydrogen-bond acceptors (Lipinski definition) is 20. The highest BCUT2D eigenvalue weighted by Crippen LogP contribution is 2.50. The van der Waals surface area contributed by atoms with E-state index >= 15 is 0 Å². The van der Waals surface area contributed by atoms with E-state index in [1.807, 2.05) is 41.5 Å². The maximum atomic E-state index is 12.4. The number of ether oxygens (including phenoxy) is 6. The lowest BCUT2D eigenvalue weighted by molar-refractivity contribution is -0.270. The molecule has 78 heavy (non-hydrogen) atoms. The fourth-order valence-corrected chi connectivity index (χ4v) is 11.0. The predicted molar refractivity (Wildman–Crippen MR) is 290 cm³/mol. The number of aliphatic hydroxyl groups is 6. The van der Waals surface area contributed by atoms with Crippen molar-refractivity contribution in [2.24, 2.45) is 10.8 Å². The van der Waals surface area contributed by atoms with Crippen molar-refractivity contribution in [3.8, 4) is 0 Å². The van der Waals surface area contributed by atoms with Gasteiger partial charge in [0.25, 0.3) is 0 Å². The molecule has 2 aliphatic heterocycles. The molecule has 10 N–H and O–H groups in total. The van der Waals surface area contributed by atoms with Gasteiger partial charge in [0.2, 0.25) is 11.8 Å². The van der Waals surface area contributed by atoms with Gasteiger partial charge >= 0.3 is 15.6 Å². The molecule has 26 heteroatoms. The van der Waals surface area contributed by atoms with E-state index in [2.05, 4.69) is 10.6 Å². The van der Waals surface area contributed by atoms with Crippen molar-refractivity contribution >= 4 is 27.5 Å². The minimum absolute atomic E-state index is 0.125. The van der Waals surface area contributed by atoms with Gasteiger partial charge in [-0.25, -0.2) is 9.13 Å². The van der Waals surface area contributed by atoms with Crippen LogP contribution < -0.4 is 10.6 Å². The lowest BCUT2D eigenvalue weighted by Gasteiger charge is -2.42. The number of rotatable bonds is 34. The Labute approximate surface area is 464 Å². The minimum Gasteiger partial charge on any atom is -0.394 e. The predicted octanol–water partition coefficient (Wildman–Crippen LogP) is 5.30. The molecule has 0 aliphatic carbocycles. The molecule has 2 rings (SSSR count). The molecule has 2 fully saturated rings. The molecule has 2 amide bonds. The van der Waals surface area contributed by atoms with Gasteiger partial charge in [-0.3, -0.25) is 27.7 Å². The number of phosphoric ester groups is 2. The summed E-state index contributed by atoms with van der Waals surface area (Å²) >= 11 is 0. The van der Waals surface area contributed by atoms with Crippen LogP contribution in [0.1, 0.15) is 174 Å². The molecular weight excluding hydrogens is 1070 g/mol. The van der Waals surface area contributed by atoms with Crippen LogP contribution in [-0.4, -0.2) is 190 Å². The molecule has 0 saturated carbocycles.